The molecule has 0 spiro atoms. The molecule has 0 aliphatic heterocycles. The molecule has 1 heterocycles. The van der Waals surface area contributed by atoms with Gasteiger partial charge in [-0.05, 0) is 44.2 Å². The van der Waals surface area contributed by atoms with Gasteiger partial charge in [0, 0.05) is 10.6 Å². The van der Waals surface area contributed by atoms with Crippen LogP contribution in [0.4, 0.5) is 0 Å². The second kappa shape index (κ2) is 8.41. The van der Waals surface area contributed by atoms with Gasteiger partial charge in [-0.2, -0.15) is 0 Å². The van der Waals surface area contributed by atoms with Crippen molar-refractivity contribution in [3.63, 3.8) is 0 Å². The Hall–Kier alpha value is -2.57. The fourth-order valence-corrected chi connectivity index (χ4v) is 2.71. The molecule has 0 fully saturated rings. The fourth-order valence-electron chi connectivity index (χ4n) is 2.26. The molecule has 0 aliphatic rings. The third kappa shape index (κ3) is 4.99. The van der Waals surface area contributed by atoms with E-state index in [0.29, 0.717) is 27.6 Å². The molecule has 3 aromatic rings. The van der Waals surface area contributed by atoms with Crippen molar-refractivity contribution in [3.05, 3.63) is 64.0 Å². The smallest absolute Gasteiger partial charge is 0.261 e. The van der Waals surface area contributed by atoms with Crippen molar-refractivity contribution in [1.29, 1.82) is 0 Å². The van der Waals surface area contributed by atoms with Gasteiger partial charge in [-0.25, -0.2) is 0 Å². The van der Waals surface area contributed by atoms with Crippen molar-refractivity contribution in [1.82, 2.24) is 15.5 Å². The molecule has 8 heteroatoms. The quantitative estimate of drug-likeness (QED) is 0.655. The number of hydrogen-bond donors (Lipinski definition) is 1. The summed E-state index contributed by atoms with van der Waals surface area (Å²) in [7, 11) is 0. The number of rotatable bonds is 6. The predicted octanol–water partition coefficient (Wildman–Crippen LogP) is 4.44. The highest BCUT2D eigenvalue weighted by Gasteiger charge is 2.17. The van der Waals surface area contributed by atoms with Crippen LogP contribution in [0.1, 0.15) is 18.4 Å². The molecule has 140 valence electrons. The lowest BCUT2D eigenvalue weighted by Crippen LogP contribution is -2.36. The van der Waals surface area contributed by atoms with Crippen LogP contribution in [0, 0.1) is 6.92 Å². The number of aryl methyl sites for hydroxylation is 1. The summed E-state index contributed by atoms with van der Waals surface area (Å²) in [5, 5.41) is 11.5. The Morgan fingerprint density at radius 3 is 2.63 bits per heavy atom. The number of benzene rings is 2. The molecule has 0 saturated heterocycles. The highest BCUT2D eigenvalue weighted by molar-refractivity contribution is 6.35. The van der Waals surface area contributed by atoms with E-state index >= 15 is 0 Å². The minimum absolute atomic E-state index is 0.0970. The molecule has 0 radical (unpaired) electrons. The van der Waals surface area contributed by atoms with Gasteiger partial charge in [-0.3, -0.25) is 4.79 Å². The predicted molar refractivity (Wildman–Crippen MR) is 103 cm³/mol. The van der Waals surface area contributed by atoms with E-state index in [-0.39, 0.29) is 12.5 Å². The number of ether oxygens (including phenoxy) is 1. The largest absolute Gasteiger partial charge is 0.479 e. The number of nitrogens with zero attached hydrogens (tertiary/aromatic N) is 2. The zero-order chi connectivity index (χ0) is 19.4. The molecule has 3 rings (SSSR count). The SMILES string of the molecule is Cc1ccc(-c2nnc(CNC(=O)C(C)Oc3ccc(Cl)cc3Cl)o2)cc1. The third-order valence-corrected chi connectivity index (χ3v) is 4.28. The van der Waals surface area contributed by atoms with Gasteiger partial charge in [0.15, 0.2) is 6.10 Å². The second-order valence-corrected chi connectivity index (χ2v) is 6.76. The van der Waals surface area contributed by atoms with Gasteiger partial charge in [0.2, 0.25) is 11.8 Å². The van der Waals surface area contributed by atoms with E-state index in [1.807, 2.05) is 31.2 Å². The summed E-state index contributed by atoms with van der Waals surface area (Å²) in [5.41, 5.74) is 1.96. The van der Waals surface area contributed by atoms with Gasteiger partial charge in [-0.15, -0.1) is 10.2 Å². The van der Waals surface area contributed by atoms with Crippen molar-refractivity contribution in [3.8, 4) is 17.2 Å². The van der Waals surface area contributed by atoms with Gasteiger partial charge < -0.3 is 14.5 Å². The maximum atomic E-state index is 12.2. The zero-order valence-electron chi connectivity index (χ0n) is 14.7. The lowest BCUT2D eigenvalue weighted by Gasteiger charge is -2.15. The van der Waals surface area contributed by atoms with Gasteiger partial charge in [-0.1, -0.05) is 40.9 Å². The van der Waals surface area contributed by atoms with Gasteiger partial charge in [0.05, 0.1) is 11.6 Å². The highest BCUT2D eigenvalue weighted by Crippen LogP contribution is 2.28. The van der Waals surface area contributed by atoms with E-state index in [1.165, 1.54) is 0 Å². The average molecular weight is 406 g/mol. The van der Waals surface area contributed by atoms with E-state index in [9.17, 15) is 4.79 Å². The molecule has 0 saturated carbocycles. The molecule has 1 N–H and O–H groups in total. The van der Waals surface area contributed by atoms with Crippen molar-refractivity contribution in [2.24, 2.45) is 0 Å². The minimum atomic E-state index is -0.761. The van der Waals surface area contributed by atoms with Crippen molar-refractivity contribution >= 4 is 29.1 Å². The molecule has 27 heavy (non-hydrogen) atoms. The number of carbonyl (C=O) groups excluding carboxylic acids is 1. The van der Waals surface area contributed by atoms with E-state index in [4.69, 9.17) is 32.4 Å². The number of carbonyl (C=O) groups is 1. The summed E-state index contributed by atoms with van der Waals surface area (Å²) in [6.45, 7) is 3.71. The summed E-state index contributed by atoms with van der Waals surface area (Å²) < 4.78 is 11.1. The van der Waals surface area contributed by atoms with E-state index in [1.54, 1.807) is 25.1 Å². The first-order valence-electron chi connectivity index (χ1n) is 8.21. The van der Waals surface area contributed by atoms with Crippen LogP contribution in [0.5, 0.6) is 5.75 Å². The molecular formula is C19H17Cl2N3O3. The lowest BCUT2D eigenvalue weighted by molar-refractivity contribution is -0.127. The van der Waals surface area contributed by atoms with Crippen LogP contribution in [0.15, 0.2) is 46.9 Å². The molecule has 1 aromatic heterocycles. The van der Waals surface area contributed by atoms with Crippen LogP contribution in [-0.4, -0.2) is 22.2 Å². The Morgan fingerprint density at radius 1 is 1.19 bits per heavy atom. The van der Waals surface area contributed by atoms with E-state index in [2.05, 4.69) is 15.5 Å². The third-order valence-electron chi connectivity index (χ3n) is 3.75. The van der Waals surface area contributed by atoms with E-state index in [0.717, 1.165) is 11.1 Å². The molecule has 0 aliphatic carbocycles. The van der Waals surface area contributed by atoms with Crippen LogP contribution in [-0.2, 0) is 11.3 Å². The molecule has 2 aromatic carbocycles. The van der Waals surface area contributed by atoms with Crippen molar-refractivity contribution < 1.29 is 13.9 Å². The Balaban J connectivity index is 1.56. The standard InChI is InChI=1S/C19H17Cl2N3O3/c1-11-3-5-13(6-4-11)19-24-23-17(27-19)10-22-18(25)12(2)26-16-8-7-14(20)9-15(16)21/h3-9,12H,10H2,1-2H3,(H,22,25). The molecule has 6 nitrogen and oxygen atoms in total. The Morgan fingerprint density at radius 2 is 1.93 bits per heavy atom. The summed E-state index contributed by atoms with van der Waals surface area (Å²) in [4.78, 5) is 12.2. The molecule has 1 unspecified atom stereocenters. The maximum absolute atomic E-state index is 12.2. The molecular weight excluding hydrogens is 389 g/mol. The number of halogens is 2. The summed E-state index contributed by atoms with van der Waals surface area (Å²) in [6.07, 6.45) is -0.761. The molecule has 1 amide bonds. The first-order chi connectivity index (χ1) is 12.9. The minimum Gasteiger partial charge on any atom is -0.479 e. The van der Waals surface area contributed by atoms with Crippen LogP contribution >= 0.6 is 23.2 Å². The highest BCUT2D eigenvalue weighted by atomic mass is 35.5. The van der Waals surface area contributed by atoms with Crippen LogP contribution in [0.25, 0.3) is 11.5 Å². The van der Waals surface area contributed by atoms with Crippen molar-refractivity contribution in [2.45, 2.75) is 26.5 Å². The number of aromatic nitrogens is 2. The first kappa shape index (κ1) is 19.2. The average Bonchev–Trinajstić information content (AvgIpc) is 3.11. The van der Waals surface area contributed by atoms with Gasteiger partial charge in [0.1, 0.15) is 5.75 Å². The zero-order valence-corrected chi connectivity index (χ0v) is 16.2. The number of nitrogens with one attached hydrogen (secondary N) is 1. The van der Waals surface area contributed by atoms with Crippen molar-refractivity contribution in [2.75, 3.05) is 0 Å². The number of hydrogen-bond acceptors (Lipinski definition) is 5. The van der Waals surface area contributed by atoms with Crippen LogP contribution in [0.2, 0.25) is 10.0 Å². The maximum Gasteiger partial charge on any atom is 0.261 e. The first-order valence-corrected chi connectivity index (χ1v) is 8.97. The Labute approximate surface area is 166 Å². The molecule has 0 bridgehead atoms. The van der Waals surface area contributed by atoms with Gasteiger partial charge in [0.25, 0.3) is 5.91 Å². The van der Waals surface area contributed by atoms with Crippen LogP contribution < -0.4 is 10.1 Å². The molecule has 1 atom stereocenters. The monoisotopic (exact) mass is 405 g/mol. The summed E-state index contributed by atoms with van der Waals surface area (Å²) >= 11 is 11.9. The topological polar surface area (TPSA) is 77.2 Å². The normalized spacial score (nSPS) is 11.9. The van der Waals surface area contributed by atoms with Gasteiger partial charge >= 0.3 is 0 Å². The Bertz CT molecular complexity index is 942. The second-order valence-electron chi connectivity index (χ2n) is 5.92. The summed E-state index contributed by atoms with van der Waals surface area (Å²) in [6, 6.07) is 12.5. The van der Waals surface area contributed by atoms with E-state index < -0.39 is 6.10 Å². The fraction of sp³-hybridized carbons (Fsp3) is 0.211. The number of amides is 1. The van der Waals surface area contributed by atoms with Crippen LogP contribution in [0.3, 0.4) is 0 Å². The summed E-state index contributed by atoms with van der Waals surface area (Å²) in [5.74, 6) is 0.742. The Kier molecular flexibility index (Phi) is 5.98. The lowest BCUT2D eigenvalue weighted by atomic mass is 10.1.